The van der Waals surface area contributed by atoms with Crippen molar-refractivity contribution in [2.75, 3.05) is 72.2 Å². The largest absolute Gasteiger partial charge is 0.451 e. The van der Waals surface area contributed by atoms with Crippen molar-refractivity contribution in [2.45, 2.75) is 4.90 Å². The molecule has 0 aliphatic carbocycles. The Morgan fingerprint density at radius 1 is 1.15 bits per heavy atom. The van der Waals surface area contributed by atoms with E-state index in [1.165, 1.54) is 34.1 Å². The molecule has 0 aromatic heterocycles. The zero-order valence-corrected chi connectivity index (χ0v) is 24.8. The minimum atomic E-state index is -2.09. The van der Waals surface area contributed by atoms with Crippen LogP contribution >= 0.6 is 23.5 Å². The quantitative estimate of drug-likeness (QED) is 0.153. The number of carbonyl (C=O) groups excluding carboxylic acids is 1. The van der Waals surface area contributed by atoms with Gasteiger partial charge < -0.3 is 9.64 Å². The lowest BCUT2D eigenvalue weighted by Crippen LogP contribution is -2.45. The van der Waals surface area contributed by atoms with Gasteiger partial charge in [0.05, 0.1) is 11.4 Å². The Morgan fingerprint density at radius 3 is 2.33 bits per heavy atom. The summed E-state index contributed by atoms with van der Waals surface area (Å²) in [6, 6.07) is 7.76. The van der Waals surface area contributed by atoms with Gasteiger partial charge in [-0.3, -0.25) is 19.2 Å². The number of hydroxylamine groups is 1. The standard InChI is InChI=1S/C24H32ClF2N5O4S2.C2H2/c1-29-7-10-31(11-8-29)13-14-37-30(2)9-12-32(17-23(33)28-34)38(35)20-15-21(26)24(22(27)16-20)36-19-5-3-18(25)4-6-19;1-2/h3-6,15-16,34H,7-14,17H2,1-2H3,(H,28,33);1-2H. The lowest BCUT2D eigenvalue weighted by Gasteiger charge is -2.32. The molecule has 0 bridgehead atoms. The average molecular weight is 618 g/mol. The van der Waals surface area contributed by atoms with Gasteiger partial charge in [-0.15, -0.1) is 12.8 Å². The SMILES string of the molecule is C#C.CN1CCN(CCSN(C)CCN(CC(=O)NO)S(=O)c2cc(F)c(Oc3ccc(Cl)cc3)c(F)c2)CC1. The Balaban J connectivity index is 0.00000274. The third-order valence-electron chi connectivity index (χ3n) is 5.87. The van der Waals surface area contributed by atoms with Crippen molar-refractivity contribution in [1.82, 2.24) is 23.9 Å². The molecular weight excluding hydrogens is 584 g/mol. The van der Waals surface area contributed by atoms with Crippen LogP contribution in [0.15, 0.2) is 41.3 Å². The van der Waals surface area contributed by atoms with Crippen LogP contribution < -0.4 is 10.2 Å². The first kappa shape index (κ1) is 33.9. The van der Waals surface area contributed by atoms with Gasteiger partial charge >= 0.3 is 0 Å². The summed E-state index contributed by atoms with van der Waals surface area (Å²) in [6.07, 6.45) is 8.00. The first-order valence-corrected chi connectivity index (χ1v) is 14.7. The number of rotatable bonds is 13. The molecule has 0 saturated carbocycles. The third-order valence-corrected chi connectivity index (χ3v) is 8.53. The summed E-state index contributed by atoms with van der Waals surface area (Å²) in [7, 11) is 1.90. The van der Waals surface area contributed by atoms with Crippen molar-refractivity contribution in [3.8, 4) is 24.3 Å². The number of carbonyl (C=O) groups is 1. The number of nitrogens with one attached hydrogen (secondary N) is 1. The topological polar surface area (TPSA) is 88.6 Å². The van der Waals surface area contributed by atoms with E-state index in [4.69, 9.17) is 21.5 Å². The molecule has 3 rings (SSSR count). The lowest BCUT2D eigenvalue weighted by molar-refractivity contribution is -0.129. The highest BCUT2D eigenvalue weighted by atomic mass is 35.5. The van der Waals surface area contributed by atoms with Crippen molar-refractivity contribution >= 4 is 40.4 Å². The van der Waals surface area contributed by atoms with Gasteiger partial charge in [-0.25, -0.2) is 22.8 Å². The van der Waals surface area contributed by atoms with Crippen LogP contribution in [-0.2, 0) is 15.8 Å². The molecule has 1 saturated heterocycles. The van der Waals surface area contributed by atoms with Crippen molar-refractivity contribution in [3.63, 3.8) is 0 Å². The molecule has 2 N–H and O–H groups in total. The van der Waals surface area contributed by atoms with E-state index in [-0.39, 0.29) is 17.2 Å². The molecule has 1 unspecified atom stereocenters. The molecule has 0 radical (unpaired) electrons. The minimum absolute atomic E-state index is 0.143. The molecular formula is C26H34ClF2N5O4S2. The number of hydrogen-bond donors (Lipinski definition) is 2. The monoisotopic (exact) mass is 617 g/mol. The zero-order chi connectivity index (χ0) is 29.7. The summed E-state index contributed by atoms with van der Waals surface area (Å²) < 4.78 is 51.3. The first-order chi connectivity index (χ1) is 19.2. The lowest BCUT2D eigenvalue weighted by atomic mass is 10.3. The molecule has 1 fully saturated rings. The molecule has 1 atom stereocenters. The number of nitrogens with zero attached hydrogens (tertiary/aromatic N) is 4. The molecule has 2 aromatic carbocycles. The summed E-state index contributed by atoms with van der Waals surface area (Å²) in [5.41, 5.74) is 1.51. The van der Waals surface area contributed by atoms with Crippen LogP contribution in [0.2, 0.25) is 5.02 Å². The summed E-state index contributed by atoms with van der Waals surface area (Å²) in [4.78, 5) is 16.4. The molecule has 1 heterocycles. The number of piperazine rings is 1. The summed E-state index contributed by atoms with van der Waals surface area (Å²) in [5, 5.41) is 9.40. The number of ether oxygens (including phenoxy) is 1. The normalized spacial score (nSPS) is 14.9. The number of benzene rings is 2. The molecule has 1 amide bonds. The molecule has 0 spiro atoms. The molecule has 14 heteroatoms. The fourth-order valence-electron chi connectivity index (χ4n) is 3.63. The van der Waals surface area contributed by atoms with Gasteiger partial charge in [-0.05, 0) is 50.5 Å². The molecule has 40 heavy (non-hydrogen) atoms. The Hall–Kier alpha value is -2.28. The maximum Gasteiger partial charge on any atom is 0.258 e. The van der Waals surface area contributed by atoms with Gasteiger partial charge in [0.1, 0.15) is 16.7 Å². The van der Waals surface area contributed by atoms with Gasteiger partial charge in [0, 0.05) is 56.6 Å². The van der Waals surface area contributed by atoms with Gasteiger partial charge in [0.2, 0.25) is 0 Å². The van der Waals surface area contributed by atoms with Crippen LogP contribution in [0.3, 0.4) is 0 Å². The number of halogens is 3. The first-order valence-electron chi connectivity index (χ1n) is 12.3. The van der Waals surface area contributed by atoms with Crippen LogP contribution in [0.1, 0.15) is 0 Å². The van der Waals surface area contributed by atoms with Gasteiger partial charge in [-0.2, -0.15) is 0 Å². The maximum absolute atomic E-state index is 14.8. The molecule has 9 nitrogen and oxygen atoms in total. The summed E-state index contributed by atoms with van der Waals surface area (Å²) in [6.45, 7) is 5.21. The van der Waals surface area contributed by atoms with E-state index in [0.717, 1.165) is 50.6 Å². The fraction of sp³-hybridized carbons (Fsp3) is 0.423. The van der Waals surface area contributed by atoms with Crippen LogP contribution in [0.4, 0.5) is 8.78 Å². The highest BCUT2D eigenvalue weighted by Gasteiger charge is 2.23. The van der Waals surface area contributed by atoms with E-state index < -0.39 is 40.8 Å². The maximum atomic E-state index is 14.8. The van der Waals surface area contributed by atoms with Crippen molar-refractivity contribution in [2.24, 2.45) is 0 Å². The van der Waals surface area contributed by atoms with Crippen molar-refractivity contribution in [3.05, 3.63) is 53.1 Å². The molecule has 2 aromatic rings. The van der Waals surface area contributed by atoms with E-state index in [1.54, 1.807) is 11.9 Å². The van der Waals surface area contributed by atoms with Gasteiger partial charge in [0.15, 0.2) is 17.4 Å². The average Bonchev–Trinajstić information content (AvgIpc) is 2.95. The van der Waals surface area contributed by atoms with Crippen molar-refractivity contribution < 1.29 is 27.7 Å². The number of amides is 1. The van der Waals surface area contributed by atoms with E-state index in [9.17, 15) is 17.8 Å². The van der Waals surface area contributed by atoms with Crippen LogP contribution in [0.25, 0.3) is 0 Å². The predicted molar refractivity (Wildman–Crippen MR) is 155 cm³/mol. The second-order valence-electron chi connectivity index (χ2n) is 8.75. The fourth-order valence-corrected chi connectivity index (χ4v) is 5.81. The molecule has 1 aliphatic heterocycles. The second-order valence-corrected chi connectivity index (χ2v) is 12.0. The van der Waals surface area contributed by atoms with Gasteiger partial charge in [-0.1, -0.05) is 23.5 Å². The Morgan fingerprint density at radius 2 is 1.75 bits per heavy atom. The van der Waals surface area contributed by atoms with E-state index in [0.29, 0.717) is 11.6 Å². The Labute approximate surface area is 246 Å². The predicted octanol–water partition coefficient (Wildman–Crippen LogP) is 3.32. The Bertz CT molecular complexity index is 1110. The van der Waals surface area contributed by atoms with Crippen LogP contribution in [-0.4, -0.2) is 106 Å². The smallest absolute Gasteiger partial charge is 0.258 e. The number of likely N-dealkylation sites (N-methyl/N-ethyl adjacent to an activating group) is 2. The van der Waals surface area contributed by atoms with Gasteiger partial charge in [0.25, 0.3) is 5.91 Å². The van der Waals surface area contributed by atoms with Crippen LogP contribution in [0, 0.1) is 24.5 Å². The molecule has 1 aliphatic rings. The Kier molecular flexibility index (Phi) is 14.9. The van der Waals surface area contributed by atoms with E-state index in [1.807, 2.05) is 11.4 Å². The second kappa shape index (κ2) is 17.5. The van der Waals surface area contributed by atoms with E-state index >= 15 is 0 Å². The zero-order valence-electron chi connectivity index (χ0n) is 22.4. The highest BCUT2D eigenvalue weighted by molar-refractivity contribution is 7.97. The van der Waals surface area contributed by atoms with Crippen molar-refractivity contribution in [1.29, 1.82) is 0 Å². The summed E-state index contributed by atoms with van der Waals surface area (Å²) >= 11 is 7.43. The van der Waals surface area contributed by atoms with E-state index in [2.05, 4.69) is 29.7 Å². The highest BCUT2D eigenvalue weighted by Crippen LogP contribution is 2.30. The van der Waals surface area contributed by atoms with Crippen LogP contribution in [0.5, 0.6) is 11.5 Å². The molecule has 220 valence electrons. The third kappa shape index (κ3) is 10.9. The number of hydrogen-bond acceptors (Lipinski definition) is 8. The number of terminal acetylenes is 1. The summed E-state index contributed by atoms with van der Waals surface area (Å²) in [5.74, 6) is -2.50. The minimum Gasteiger partial charge on any atom is -0.451 e.